The van der Waals surface area contributed by atoms with Crippen molar-refractivity contribution in [2.24, 2.45) is 0 Å². The molecule has 1 aromatic heterocycles. The van der Waals surface area contributed by atoms with Crippen molar-refractivity contribution in [1.82, 2.24) is 4.98 Å². The number of hydrogen-bond acceptors (Lipinski definition) is 2. The van der Waals surface area contributed by atoms with E-state index in [0.29, 0.717) is 6.42 Å². The van der Waals surface area contributed by atoms with Crippen LogP contribution in [0.3, 0.4) is 0 Å². The first-order chi connectivity index (χ1) is 7.35. The lowest BCUT2D eigenvalue weighted by Crippen LogP contribution is -1.93. The summed E-state index contributed by atoms with van der Waals surface area (Å²) in [6.07, 6.45) is 4.08. The summed E-state index contributed by atoms with van der Waals surface area (Å²) < 4.78 is 5.29. The fourth-order valence-electron chi connectivity index (χ4n) is 1.72. The molecule has 3 nitrogen and oxygen atoms in total. The van der Waals surface area contributed by atoms with Gasteiger partial charge < -0.3 is 14.5 Å². The number of rotatable bonds is 4. The van der Waals surface area contributed by atoms with E-state index < -0.39 is 0 Å². The summed E-state index contributed by atoms with van der Waals surface area (Å²) in [7, 11) is 1.65. The number of hydrogen-bond donors (Lipinski definition) is 1. The molecule has 0 amide bonds. The van der Waals surface area contributed by atoms with E-state index in [-0.39, 0.29) is 0 Å². The van der Waals surface area contributed by atoms with Crippen LogP contribution in [0.5, 0.6) is 5.75 Å². The van der Waals surface area contributed by atoms with Gasteiger partial charge in [-0.15, -0.1) is 0 Å². The summed E-state index contributed by atoms with van der Waals surface area (Å²) in [4.78, 5) is 13.5. The van der Waals surface area contributed by atoms with Gasteiger partial charge in [0.2, 0.25) is 0 Å². The molecule has 78 valence electrons. The van der Waals surface area contributed by atoms with E-state index in [0.717, 1.165) is 34.9 Å². The van der Waals surface area contributed by atoms with Crippen molar-refractivity contribution in [3.8, 4) is 5.75 Å². The van der Waals surface area contributed by atoms with Crippen LogP contribution in [0.2, 0.25) is 0 Å². The number of benzene rings is 1. The lowest BCUT2D eigenvalue weighted by Gasteiger charge is -2.07. The molecule has 15 heavy (non-hydrogen) atoms. The van der Waals surface area contributed by atoms with Crippen LogP contribution >= 0.6 is 0 Å². The van der Waals surface area contributed by atoms with Gasteiger partial charge >= 0.3 is 0 Å². The highest BCUT2D eigenvalue weighted by Crippen LogP contribution is 2.25. The molecule has 0 unspecified atom stereocenters. The molecule has 1 heterocycles. The van der Waals surface area contributed by atoms with Crippen LogP contribution in [0.4, 0.5) is 0 Å². The molecule has 0 atom stereocenters. The Balaban J connectivity index is 2.44. The summed E-state index contributed by atoms with van der Waals surface area (Å²) in [6.45, 7) is 0. The van der Waals surface area contributed by atoms with Gasteiger partial charge in [0.25, 0.3) is 0 Å². The van der Waals surface area contributed by atoms with Crippen molar-refractivity contribution >= 4 is 17.2 Å². The average Bonchev–Trinajstić information content (AvgIpc) is 2.71. The molecule has 0 fully saturated rings. The predicted molar refractivity (Wildman–Crippen MR) is 59.2 cm³/mol. The van der Waals surface area contributed by atoms with E-state index in [4.69, 9.17) is 4.74 Å². The molecule has 0 radical (unpaired) electrons. The number of aromatic amines is 1. The Morgan fingerprint density at radius 2 is 2.33 bits per heavy atom. The molecule has 3 heteroatoms. The van der Waals surface area contributed by atoms with Crippen molar-refractivity contribution in [3.05, 3.63) is 30.0 Å². The van der Waals surface area contributed by atoms with E-state index in [1.165, 1.54) is 0 Å². The number of aldehydes is 1. The van der Waals surface area contributed by atoms with Gasteiger partial charge in [-0.3, -0.25) is 0 Å². The molecule has 0 aliphatic heterocycles. The molecule has 0 saturated heterocycles. The largest absolute Gasteiger partial charge is 0.496 e. The first-order valence-corrected chi connectivity index (χ1v) is 4.93. The van der Waals surface area contributed by atoms with Crippen molar-refractivity contribution in [2.45, 2.75) is 12.8 Å². The van der Waals surface area contributed by atoms with E-state index in [1.54, 1.807) is 7.11 Å². The highest BCUT2D eigenvalue weighted by Gasteiger charge is 2.05. The first kappa shape index (κ1) is 9.77. The molecule has 0 spiro atoms. The van der Waals surface area contributed by atoms with Gasteiger partial charge in [-0.2, -0.15) is 0 Å². The van der Waals surface area contributed by atoms with Crippen molar-refractivity contribution in [1.29, 1.82) is 0 Å². The zero-order valence-electron chi connectivity index (χ0n) is 8.62. The topological polar surface area (TPSA) is 42.1 Å². The molecular weight excluding hydrogens is 190 g/mol. The second-order valence-corrected chi connectivity index (χ2v) is 3.43. The molecule has 2 rings (SSSR count). The molecule has 1 N–H and O–H groups in total. The van der Waals surface area contributed by atoms with Gasteiger partial charge in [0.15, 0.2) is 0 Å². The number of methoxy groups -OCH3 is 1. The fourth-order valence-corrected chi connectivity index (χ4v) is 1.72. The van der Waals surface area contributed by atoms with Gasteiger partial charge in [0.1, 0.15) is 12.0 Å². The number of H-pyrrole nitrogens is 1. The number of ether oxygens (including phenoxy) is 1. The summed E-state index contributed by atoms with van der Waals surface area (Å²) in [5.41, 5.74) is 2.15. The van der Waals surface area contributed by atoms with Gasteiger partial charge in [-0.1, -0.05) is 0 Å². The number of carbonyl (C=O) groups is 1. The van der Waals surface area contributed by atoms with E-state index in [9.17, 15) is 4.79 Å². The zero-order valence-corrected chi connectivity index (χ0v) is 8.62. The van der Waals surface area contributed by atoms with Crippen molar-refractivity contribution in [3.63, 3.8) is 0 Å². The smallest absolute Gasteiger partial charge is 0.122 e. The van der Waals surface area contributed by atoms with E-state index in [2.05, 4.69) is 4.98 Å². The molecule has 0 aliphatic carbocycles. The van der Waals surface area contributed by atoms with Crippen LogP contribution in [0.15, 0.2) is 24.4 Å². The van der Waals surface area contributed by atoms with Crippen LogP contribution in [-0.4, -0.2) is 18.4 Å². The van der Waals surface area contributed by atoms with Crippen LogP contribution < -0.4 is 4.74 Å². The minimum atomic E-state index is 0.530. The Kier molecular flexibility index (Phi) is 2.72. The maximum Gasteiger partial charge on any atom is 0.122 e. The quantitative estimate of drug-likeness (QED) is 0.775. The maximum atomic E-state index is 10.3. The minimum absolute atomic E-state index is 0.530. The van der Waals surface area contributed by atoms with Gasteiger partial charge in [-0.25, -0.2) is 0 Å². The standard InChI is InChI=1S/C12H13NO2/c1-15-12-8-9-4-5-13-11(9)7-10(12)3-2-6-14/h4-8,13H,2-3H2,1H3. The van der Waals surface area contributed by atoms with Crippen molar-refractivity contribution in [2.75, 3.05) is 7.11 Å². The lowest BCUT2D eigenvalue weighted by atomic mass is 10.1. The van der Waals surface area contributed by atoms with Gasteiger partial charge in [0.05, 0.1) is 7.11 Å². The SMILES string of the molecule is COc1cc2cc[nH]c2cc1CCC=O. The first-order valence-electron chi connectivity index (χ1n) is 4.93. The highest BCUT2D eigenvalue weighted by atomic mass is 16.5. The van der Waals surface area contributed by atoms with E-state index >= 15 is 0 Å². The summed E-state index contributed by atoms with van der Waals surface area (Å²) in [6, 6.07) is 6.03. The fraction of sp³-hybridized carbons (Fsp3) is 0.250. The van der Waals surface area contributed by atoms with E-state index in [1.807, 2.05) is 24.4 Å². The number of nitrogens with one attached hydrogen (secondary N) is 1. The summed E-state index contributed by atoms with van der Waals surface area (Å²) >= 11 is 0. The number of aromatic nitrogens is 1. The monoisotopic (exact) mass is 203 g/mol. The van der Waals surface area contributed by atoms with Crippen LogP contribution in [-0.2, 0) is 11.2 Å². The molecule has 0 saturated carbocycles. The van der Waals surface area contributed by atoms with Crippen LogP contribution in [0.25, 0.3) is 10.9 Å². The Morgan fingerprint density at radius 3 is 3.07 bits per heavy atom. The molecule has 0 bridgehead atoms. The molecule has 2 aromatic rings. The number of aryl methyl sites for hydroxylation is 1. The summed E-state index contributed by atoms with van der Waals surface area (Å²) in [5, 5.41) is 1.13. The third-order valence-electron chi connectivity index (χ3n) is 2.49. The Labute approximate surface area is 88.1 Å². The normalized spacial score (nSPS) is 10.5. The Bertz CT molecular complexity index is 473. The third kappa shape index (κ3) is 1.86. The highest BCUT2D eigenvalue weighted by molar-refractivity contribution is 5.82. The maximum absolute atomic E-state index is 10.3. The van der Waals surface area contributed by atoms with Gasteiger partial charge in [-0.05, 0) is 30.2 Å². The predicted octanol–water partition coefficient (Wildman–Crippen LogP) is 2.31. The number of fused-ring (bicyclic) bond motifs is 1. The summed E-state index contributed by atoms with van der Waals surface area (Å²) in [5.74, 6) is 0.851. The lowest BCUT2D eigenvalue weighted by molar-refractivity contribution is -0.107. The molecule has 1 aromatic carbocycles. The zero-order chi connectivity index (χ0) is 10.7. The van der Waals surface area contributed by atoms with Crippen molar-refractivity contribution < 1.29 is 9.53 Å². The van der Waals surface area contributed by atoms with Crippen LogP contribution in [0, 0.1) is 0 Å². The Hall–Kier alpha value is -1.77. The third-order valence-corrected chi connectivity index (χ3v) is 2.49. The number of carbonyl (C=O) groups excluding carboxylic acids is 1. The van der Waals surface area contributed by atoms with Gasteiger partial charge in [0, 0.05) is 23.5 Å². The average molecular weight is 203 g/mol. The Morgan fingerprint density at radius 1 is 1.47 bits per heavy atom. The minimum Gasteiger partial charge on any atom is -0.496 e. The second-order valence-electron chi connectivity index (χ2n) is 3.43. The molecular formula is C12H13NO2. The second kappa shape index (κ2) is 4.17. The molecule has 0 aliphatic rings. The van der Waals surface area contributed by atoms with Crippen LogP contribution in [0.1, 0.15) is 12.0 Å².